The van der Waals surface area contributed by atoms with Gasteiger partial charge >= 0.3 is 6.36 Å². The van der Waals surface area contributed by atoms with E-state index in [9.17, 15) is 13.2 Å². The number of ether oxygens (including phenoxy) is 1. The molecular weight excluding hydrogens is 311 g/mol. The molecule has 0 aromatic heterocycles. The lowest BCUT2D eigenvalue weighted by Gasteiger charge is -2.18. The van der Waals surface area contributed by atoms with Gasteiger partial charge in [0, 0.05) is 23.1 Å². The standard InChI is InChI=1S/C12H12BrF3NO/c13-10-4-3-9(8-17-5-1-2-6-17)11(7-10)18-12(14,15)16/h1,3-4,7H,2,5-6,8H2. The van der Waals surface area contributed by atoms with Crippen LogP contribution in [0.2, 0.25) is 0 Å². The van der Waals surface area contributed by atoms with E-state index >= 15 is 0 Å². The lowest BCUT2D eigenvalue weighted by atomic mass is 10.2. The van der Waals surface area contributed by atoms with Gasteiger partial charge in [0.15, 0.2) is 0 Å². The average Bonchev–Trinajstić information content (AvgIpc) is 2.72. The second kappa shape index (κ2) is 5.48. The number of nitrogens with zero attached hydrogens (tertiary/aromatic N) is 1. The third-order valence-corrected chi connectivity index (χ3v) is 3.18. The number of hydrogen-bond acceptors (Lipinski definition) is 2. The molecule has 18 heavy (non-hydrogen) atoms. The van der Waals surface area contributed by atoms with Crippen molar-refractivity contribution in [2.75, 3.05) is 13.1 Å². The fraction of sp³-hybridized carbons (Fsp3) is 0.417. The molecule has 6 heteroatoms. The van der Waals surface area contributed by atoms with Crippen molar-refractivity contribution in [1.82, 2.24) is 4.90 Å². The Morgan fingerprint density at radius 2 is 2.11 bits per heavy atom. The van der Waals surface area contributed by atoms with Crippen LogP contribution in [0.3, 0.4) is 0 Å². The molecule has 0 unspecified atom stereocenters. The number of alkyl halides is 3. The highest BCUT2D eigenvalue weighted by atomic mass is 79.9. The molecular formula is C12H12BrF3NO. The van der Waals surface area contributed by atoms with E-state index in [1.54, 1.807) is 12.1 Å². The van der Waals surface area contributed by atoms with Crippen LogP contribution in [0, 0.1) is 6.42 Å². The Kier molecular flexibility index (Phi) is 4.17. The van der Waals surface area contributed by atoms with Crippen LogP contribution in [0.15, 0.2) is 22.7 Å². The summed E-state index contributed by atoms with van der Waals surface area (Å²) in [6, 6.07) is 4.73. The zero-order valence-electron chi connectivity index (χ0n) is 9.51. The summed E-state index contributed by atoms with van der Waals surface area (Å²) in [4.78, 5) is 2.08. The van der Waals surface area contributed by atoms with Crippen LogP contribution in [0.5, 0.6) is 5.75 Å². The maximum Gasteiger partial charge on any atom is 0.573 e. The van der Waals surface area contributed by atoms with Gasteiger partial charge in [-0.2, -0.15) is 0 Å². The van der Waals surface area contributed by atoms with Crippen LogP contribution in [-0.2, 0) is 6.54 Å². The second-order valence-electron chi connectivity index (χ2n) is 4.11. The summed E-state index contributed by atoms with van der Waals surface area (Å²) in [7, 11) is 0. The second-order valence-corrected chi connectivity index (χ2v) is 5.03. The lowest BCUT2D eigenvalue weighted by molar-refractivity contribution is -0.275. The van der Waals surface area contributed by atoms with Crippen molar-refractivity contribution < 1.29 is 17.9 Å². The molecule has 0 saturated carbocycles. The van der Waals surface area contributed by atoms with Gasteiger partial charge in [-0.25, -0.2) is 0 Å². The highest BCUT2D eigenvalue weighted by Crippen LogP contribution is 2.30. The normalized spacial score (nSPS) is 17.1. The van der Waals surface area contributed by atoms with Crippen LogP contribution < -0.4 is 4.74 Å². The summed E-state index contributed by atoms with van der Waals surface area (Å²) in [5.74, 6) is -0.135. The van der Waals surface area contributed by atoms with E-state index in [-0.39, 0.29) is 5.75 Å². The zero-order valence-corrected chi connectivity index (χ0v) is 11.1. The molecule has 0 bridgehead atoms. The third kappa shape index (κ3) is 3.88. The Labute approximate surface area is 112 Å². The smallest absolute Gasteiger partial charge is 0.405 e. The first kappa shape index (κ1) is 13.7. The number of hydrogen-bond donors (Lipinski definition) is 0. The fourth-order valence-corrected chi connectivity index (χ4v) is 2.24. The Morgan fingerprint density at radius 1 is 1.33 bits per heavy atom. The highest BCUT2D eigenvalue weighted by molar-refractivity contribution is 9.10. The topological polar surface area (TPSA) is 12.5 Å². The molecule has 0 aliphatic carbocycles. The first-order chi connectivity index (χ1) is 8.44. The molecule has 2 rings (SSSR count). The Balaban J connectivity index is 2.16. The van der Waals surface area contributed by atoms with Crippen LogP contribution >= 0.6 is 15.9 Å². The molecule has 1 aromatic carbocycles. The molecule has 1 saturated heterocycles. The average molecular weight is 323 g/mol. The van der Waals surface area contributed by atoms with Gasteiger partial charge in [-0.1, -0.05) is 22.0 Å². The molecule has 1 fully saturated rings. The maximum atomic E-state index is 12.3. The molecule has 0 atom stereocenters. The summed E-state index contributed by atoms with van der Waals surface area (Å²) < 4.78 is 41.6. The first-order valence-corrected chi connectivity index (χ1v) is 6.31. The predicted octanol–water partition coefficient (Wildman–Crippen LogP) is 3.76. The summed E-state index contributed by atoms with van der Waals surface area (Å²) in [6.07, 6.45) is -1.57. The van der Waals surface area contributed by atoms with Crippen molar-refractivity contribution in [3.05, 3.63) is 34.7 Å². The number of benzene rings is 1. The van der Waals surface area contributed by atoms with E-state index in [0.29, 0.717) is 16.6 Å². The molecule has 2 nitrogen and oxygen atoms in total. The van der Waals surface area contributed by atoms with Gasteiger partial charge in [0.2, 0.25) is 0 Å². The van der Waals surface area contributed by atoms with Crippen LogP contribution in [0.4, 0.5) is 13.2 Å². The van der Waals surface area contributed by atoms with Crippen LogP contribution in [0.1, 0.15) is 12.0 Å². The van der Waals surface area contributed by atoms with Crippen molar-refractivity contribution in [3.8, 4) is 5.75 Å². The largest absolute Gasteiger partial charge is 0.573 e. The SMILES string of the molecule is FC(F)(F)Oc1cc(Br)ccc1CN1C[CH]CC1. The van der Waals surface area contributed by atoms with Gasteiger partial charge in [-0.15, -0.1) is 13.2 Å². The fourth-order valence-electron chi connectivity index (χ4n) is 1.90. The molecule has 1 aliphatic heterocycles. The van der Waals surface area contributed by atoms with Crippen LogP contribution in [0.25, 0.3) is 0 Å². The van der Waals surface area contributed by atoms with Gasteiger partial charge in [0.1, 0.15) is 5.75 Å². The summed E-state index contributed by atoms with van der Waals surface area (Å²) in [5.41, 5.74) is 0.547. The number of likely N-dealkylation sites (tertiary alicyclic amines) is 1. The van der Waals surface area contributed by atoms with Gasteiger partial charge in [0.05, 0.1) is 0 Å². The van der Waals surface area contributed by atoms with E-state index in [2.05, 4.69) is 32.0 Å². The summed E-state index contributed by atoms with van der Waals surface area (Å²) in [5, 5.41) is 0. The Morgan fingerprint density at radius 3 is 2.72 bits per heavy atom. The molecule has 99 valence electrons. The lowest BCUT2D eigenvalue weighted by Crippen LogP contribution is -2.22. The molecule has 1 aliphatic rings. The Hall–Kier alpha value is -0.750. The van der Waals surface area contributed by atoms with Crippen molar-refractivity contribution >= 4 is 15.9 Å². The summed E-state index contributed by atoms with van der Waals surface area (Å²) >= 11 is 3.15. The molecule has 0 amide bonds. The molecule has 1 radical (unpaired) electrons. The minimum absolute atomic E-state index is 0.135. The van der Waals surface area contributed by atoms with Crippen LogP contribution in [-0.4, -0.2) is 24.4 Å². The number of halogens is 4. The van der Waals surface area contributed by atoms with Crippen molar-refractivity contribution in [2.45, 2.75) is 19.3 Å². The zero-order chi connectivity index (χ0) is 13.2. The minimum atomic E-state index is -4.66. The van der Waals surface area contributed by atoms with E-state index < -0.39 is 6.36 Å². The summed E-state index contributed by atoms with van der Waals surface area (Å²) in [6.45, 7) is 2.15. The van der Waals surface area contributed by atoms with E-state index in [1.165, 1.54) is 6.07 Å². The molecule has 0 spiro atoms. The quantitative estimate of drug-likeness (QED) is 0.840. The van der Waals surface area contributed by atoms with E-state index in [4.69, 9.17) is 0 Å². The highest BCUT2D eigenvalue weighted by Gasteiger charge is 2.32. The molecule has 1 aromatic rings. The number of rotatable bonds is 3. The molecule has 1 heterocycles. The monoisotopic (exact) mass is 322 g/mol. The molecule has 0 N–H and O–H groups in total. The predicted molar refractivity (Wildman–Crippen MR) is 65.0 cm³/mol. The van der Waals surface area contributed by atoms with Gasteiger partial charge in [0.25, 0.3) is 0 Å². The van der Waals surface area contributed by atoms with E-state index in [0.717, 1.165) is 19.5 Å². The van der Waals surface area contributed by atoms with E-state index in [1.807, 2.05) is 0 Å². The van der Waals surface area contributed by atoms with Gasteiger partial charge < -0.3 is 4.74 Å². The van der Waals surface area contributed by atoms with Crippen molar-refractivity contribution in [3.63, 3.8) is 0 Å². The Bertz CT molecular complexity index is 416. The van der Waals surface area contributed by atoms with Gasteiger partial charge in [-0.3, -0.25) is 4.90 Å². The first-order valence-electron chi connectivity index (χ1n) is 5.52. The maximum absolute atomic E-state index is 12.3. The third-order valence-electron chi connectivity index (χ3n) is 2.69. The van der Waals surface area contributed by atoms with Crippen molar-refractivity contribution in [2.24, 2.45) is 0 Å². The van der Waals surface area contributed by atoms with Gasteiger partial charge in [-0.05, 0) is 31.5 Å². The minimum Gasteiger partial charge on any atom is -0.405 e. The van der Waals surface area contributed by atoms with Crippen molar-refractivity contribution in [1.29, 1.82) is 0 Å².